The van der Waals surface area contributed by atoms with E-state index < -0.39 is 5.82 Å². The number of nitrogens with one attached hydrogen (secondary N) is 2. The Morgan fingerprint density at radius 2 is 2.20 bits per heavy atom. The van der Waals surface area contributed by atoms with E-state index in [4.69, 9.17) is 5.73 Å². The van der Waals surface area contributed by atoms with E-state index >= 15 is 0 Å². The van der Waals surface area contributed by atoms with E-state index in [0.29, 0.717) is 25.2 Å². The molecule has 140 valence electrons. The number of carbonyl (C=O) groups is 2. The van der Waals surface area contributed by atoms with E-state index in [1.807, 2.05) is 11.8 Å². The largest absolute Gasteiger partial charge is 0.342 e. The van der Waals surface area contributed by atoms with E-state index in [-0.39, 0.29) is 36.3 Å². The molecule has 6 nitrogen and oxygen atoms in total. The van der Waals surface area contributed by atoms with Crippen molar-refractivity contribution in [1.29, 1.82) is 0 Å². The summed E-state index contributed by atoms with van der Waals surface area (Å²) in [7, 11) is 0. The quantitative estimate of drug-likeness (QED) is 0.741. The minimum Gasteiger partial charge on any atom is -0.342 e. The van der Waals surface area contributed by atoms with Gasteiger partial charge in [0.25, 0.3) is 0 Å². The van der Waals surface area contributed by atoms with Gasteiger partial charge in [-0.25, -0.2) is 9.18 Å². The molecule has 0 aromatic heterocycles. The Bertz CT molecular complexity index is 586. The van der Waals surface area contributed by atoms with Crippen molar-refractivity contribution in [3.63, 3.8) is 0 Å². The van der Waals surface area contributed by atoms with Crippen molar-refractivity contribution in [2.24, 2.45) is 11.7 Å². The highest BCUT2D eigenvalue weighted by Crippen LogP contribution is 2.17. The monoisotopic (exact) mass is 372 g/mol. The van der Waals surface area contributed by atoms with E-state index in [1.165, 1.54) is 18.2 Å². The third-order valence-electron chi connectivity index (χ3n) is 4.00. The van der Waals surface area contributed by atoms with Gasteiger partial charge in [-0.15, -0.1) is 12.4 Å². The van der Waals surface area contributed by atoms with Crippen LogP contribution in [0.4, 0.5) is 14.9 Å². The van der Waals surface area contributed by atoms with Gasteiger partial charge in [0.2, 0.25) is 5.91 Å². The molecule has 0 radical (unpaired) electrons. The number of nitrogens with zero attached hydrogens (tertiary/aromatic N) is 1. The first-order valence-corrected chi connectivity index (χ1v) is 8.28. The molecule has 2 atom stereocenters. The molecule has 2 unspecified atom stereocenters. The Morgan fingerprint density at radius 1 is 1.44 bits per heavy atom. The van der Waals surface area contributed by atoms with E-state index in [2.05, 4.69) is 10.6 Å². The molecule has 0 bridgehead atoms. The molecule has 1 heterocycles. The molecule has 0 spiro atoms. The van der Waals surface area contributed by atoms with Crippen LogP contribution >= 0.6 is 12.4 Å². The molecular formula is C17H26ClFN4O2. The van der Waals surface area contributed by atoms with Gasteiger partial charge in [0.05, 0.1) is 0 Å². The van der Waals surface area contributed by atoms with Gasteiger partial charge in [0.1, 0.15) is 5.82 Å². The topological polar surface area (TPSA) is 87.5 Å². The van der Waals surface area contributed by atoms with Crippen molar-refractivity contribution >= 4 is 30.0 Å². The van der Waals surface area contributed by atoms with Crippen LogP contribution in [0, 0.1) is 11.7 Å². The van der Waals surface area contributed by atoms with Gasteiger partial charge >= 0.3 is 6.03 Å². The maximum absolute atomic E-state index is 13.1. The highest BCUT2D eigenvalue weighted by Gasteiger charge is 2.24. The smallest absolute Gasteiger partial charge is 0.319 e. The SMILES string of the molecule is CC(N)CC(=O)N1CCCC(CNC(=O)Nc2cccc(F)c2)C1.Cl. The maximum atomic E-state index is 13.1. The molecule has 0 saturated carbocycles. The molecule has 3 amide bonds. The number of urea groups is 1. The molecule has 4 N–H and O–H groups in total. The Hall–Kier alpha value is -1.86. The fourth-order valence-corrected chi connectivity index (χ4v) is 2.84. The fourth-order valence-electron chi connectivity index (χ4n) is 2.84. The summed E-state index contributed by atoms with van der Waals surface area (Å²) in [6.45, 7) is 3.67. The second kappa shape index (κ2) is 10.2. The van der Waals surface area contributed by atoms with E-state index in [9.17, 15) is 14.0 Å². The predicted molar refractivity (Wildman–Crippen MR) is 98.2 cm³/mol. The average molecular weight is 373 g/mol. The molecular weight excluding hydrogens is 347 g/mol. The second-order valence-electron chi connectivity index (χ2n) is 6.37. The molecule has 1 aliphatic rings. The molecule has 1 aliphatic heterocycles. The average Bonchev–Trinajstić information content (AvgIpc) is 2.52. The number of halogens is 2. The highest BCUT2D eigenvalue weighted by molar-refractivity contribution is 5.89. The first-order valence-electron chi connectivity index (χ1n) is 8.28. The van der Waals surface area contributed by atoms with Gasteiger partial charge in [-0.3, -0.25) is 4.79 Å². The number of hydrogen-bond acceptors (Lipinski definition) is 3. The number of carbonyl (C=O) groups excluding carboxylic acids is 2. The predicted octanol–water partition coefficient (Wildman–Crippen LogP) is 2.34. The zero-order valence-corrected chi connectivity index (χ0v) is 15.2. The summed E-state index contributed by atoms with van der Waals surface area (Å²) in [4.78, 5) is 25.8. The standard InChI is InChI=1S/C17H25FN4O2.ClH/c1-12(19)8-16(23)22-7-3-4-13(11-22)10-20-17(24)21-15-6-2-5-14(18)9-15;/h2,5-6,9,12-13H,3-4,7-8,10-11,19H2,1H3,(H2,20,21,24);1H. The molecule has 0 aliphatic carbocycles. The van der Waals surface area contributed by atoms with Crippen molar-refractivity contribution in [2.45, 2.75) is 32.2 Å². The van der Waals surface area contributed by atoms with Gasteiger partial charge in [0, 0.05) is 37.8 Å². The number of rotatable bonds is 5. The van der Waals surface area contributed by atoms with Gasteiger partial charge in [0.15, 0.2) is 0 Å². The molecule has 25 heavy (non-hydrogen) atoms. The highest BCUT2D eigenvalue weighted by atomic mass is 35.5. The molecule has 1 aromatic carbocycles. The number of nitrogens with two attached hydrogens (primary N) is 1. The summed E-state index contributed by atoms with van der Waals surface area (Å²) in [5.74, 6) is -0.115. The third-order valence-corrected chi connectivity index (χ3v) is 4.00. The third kappa shape index (κ3) is 7.27. The summed E-state index contributed by atoms with van der Waals surface area (Å²) in [6, 6.07) is 5.21. The number of benzene rings is 1. The van der Waals surface area contributed by atoms with Crippen LogP contribution in [0.25, 0.3) is 0 Å². The Balaban J connectivity index is 0.00000312. The van der Waals surface area contributed by atoms with E-state index in [0.717, 1.165) is 19.4 Å². The van der Waals surface area contributed by atoms with Crippen LogP contribution in [0.1, 0.15) is 26.2 Å². The molecule has 1 aromatic rings. The first-order chi connectivity index (χ1) is 11.4. The number of anilines is 1. The van der Waals surface area contributed by atoms with Crippen LogP contribution in [0.15, 0.2) is 24.3 Å². The van der Waals surface area contributed by atoms with Crippen molar-refractivity contribution in [3.05, 3.63) is 30.1 Å². The van der Waals surface area contributed by atoms with Crippen LogP contribution < -0.4 is 16.4 Å². The second-order valence-corrected chi connectivity index (χ2v) is 6.37. The zero-order chi connectivity index (χ0) is 17.5. The lowest BCUT2D eigenvalue weighted by Crippen LogP contribution is -2.45. The summed E-state index contributed by atoms with van der Waals surface area (Å²) < 4.78 is 13.1. The van der Waals surface area contributed by atoms with Crippen LogP contribution in [-0.2, 0) is 4.79 Å². The van der Waals surface area contributed by atoms with Crippen LogP contribution in [-0.4, -0.2) is 42.5 Å². The van der Waals surface area contributed by atoms with Crippen molar-refractivity contribution in [1.82, 2.24) is 10.2 Å². The zero-order valence-electron chi connectivity index (χ0n) is 14.3. The molecule has 8 heteroatoms. The lowest BCUT2D eigenvalue weighted by atomic mass is 9.97. The Kier molecular flexibility index (Phi) is 8.65. The van der Waals surface area contributed by atoms with Crippen molar-refractivity contribution in [3.8, 4) is 0 Å². The molecule has 2 rings (SSSR count). The first kappa shape index (κ1) is 21.2. The van der Waals surface area contributed by atoms with Gasteiger partial charge in [-0.2, -0.15) is 0 Å². The van der Waals surface area contributed by atoms with Crippen LogP contribution in [0.3, 0.4) is 0 Å². The minimum absolute atomic E-state index is 0. The lowest BCUT2D eigenvalue weighted by Gasteiger charge is -2.33. The minimum atomic E-state index is -0.400. The lowest BCUT2D eigenvalue weighted by molar-refractivity contribution is -0.133. The number of hydrogen-bond donors (Lipinski definition) is 3. The fraction of sp³-hybridized carbons (Fsp3) is 0.529. The summed E-state index contributed by atoms with van der Waals surface area (Å²) >= 11 is 0. The number of piperidine rings is 1. The Morgan fingerprint density at radius 3 is 2.88 bits per heavy atom. The van der Waals surface area contributed by atoms with Crippen molar-refractivity contribution in [2.75, 3.05) is 25.0 Å². The summed E-state index contributed by atoms with van der Waals surface area (Å²) in [5, 5.41) is 5.38. The summed E-state index contributed by atoms with van der Waals surface area (Å²) in [5.41, 5.74) is 6.08. The normalized spacial score (nSPS) is 18.0. The van der Waals surface area contributed by atoms with Crippen LogP contribution in [0.2, 0.25) is 0 Å². The van der Waals surface area contributed by atoms with Gasteiger partial charge in [-0.05, 0) is 43.9 Å². The molecule has 1 fully saturated rings. The van der Waals surface area contributed by atoms with Crippen molar-refractivity contribution < 1.29 is 14.0 Å². The number of likely N-dealkylation sites (tertiary alicyclic amines) is 1. The Labute approximate surface area is 153 Å². The maximum Gasteiger partial charge on any atom is 0.319 e. The summed E-state index contributed by atoms with van der Waals surface area (Å²) in [6.07, 6.45) is 2.23. The van der Waals surface area contributed by atoms with Gasteiger partial charge in [-0.1, -0.05) is 6.07 Å². The number of amides is 3. The van der Waals surface area contributed by atoms with E-state index in [1.54, 1.807) is 6.07 Å². The molecule has 1 saturated heterocycles. The van der Waals surface area contributed by atoms with Crippen LogP contribution in [0.5, 0.6) is 0 Å². The van der Waals surface area contributed by atoms with Gasteiger partial charge < -0.3 is 21.3 Å².